The van der Waals surface area contributed by atoms with E-state index in [1.807, 2.05) is 0 Å². The molecule has 0 aromatic rings. The van der Waals surface area contributed by atoms with Crippen molar-refractivity contribution in [3.63, 3.8) is 0 Å². The smallest absolute Gasteiger partial charge is 0.141 e. The molecule has 0 saturated carbocycles. The number of oxime groups is 4. The molecule has 0 aliphatic carbocycles. The quantitative estimate of drug-likeness (QED) is 0.0235. The second kappa shape index (κ2) is 20.1. The average Bonchev–Trinajstić information content (AvgIpc) is 2.89. The average molecular weight is 527 g/mol. The second-order valence-electron chi connectivity index (χ2n) is 7.27. The van der Waals surface area contributed by atoms with Crippen LogP contribution < -0.4 is 22.9 Å². The van der Waals surface area contributed by atoms with E-state index >= 15 is 0 Å². The number of amidine groups is 4. The van der Waals surface area contributed by atoms with E-state index in [0.717, 1.165) is 0 Å². The molecule has 0 rings (SSSR count). The second-order valence-corrected chi connectivity index (χ2v) is 7.27. The van der Waals surface area contributed by atoms with E-state index in [0.29, 0.717) is 0 Å². The molecule has 0 heterocycles. The summed E-state index contributed by atoms with van der Waals surface area (Å²) in [5, 5.41) is 66.4. The number of hydrogen-bond donors (Lipinski definition) is 10. The van der Waals surface area contributed by atoms with Crippen molar-refractivity contribution in [1.29, 1.82) is 0 Å². The highest BCUT2D eigenvalue weighted by Gasteiger charge is 2.37. The molecule has 4 atom stereocenters. The first-order valence-electron chi connectivity index (χ1n) is 10.8. The van der Waals surface area contributed by atoms with Gasteiger partial charge in [-0.05, 0) is 0 Å². The molecule has 0 amide bonds. The van der Waals surface area contributed by atoms with E-state index in [9.17, 15) is 10.2 Å². The third kappa shape index (κ3) is 14.3. The van der Waals surface area contributed by atoms with Crippen LogP contribution in [0.15, 0.2) is 20.6 Å². The van der Waals surface area contributed by atoms with Crippen molar-refractivity contribution in [3.05, 3.63) is 0 Å². The molecule has 0 bridgehead atoms. The van der Waals surface area contributed by atoms with E-state index in [2.05, 4.69) is 20.6 Å². The lowest BCUT2D eigenvalue weighted by atomic mass is 10.0. The maximum absolute atomic E-state index is 10.5. The van der Waals surface area contributed by atoms with Gasteiger partial charge in [0.25, 0.3) is 0 Å². The van der Waals surface area contributed by atoms with Crippen LogP contribution in [-0.4, -0.2) is 118 Å². The van der Waals surface area contributed by atoms with Crippen LogP contribution in [0.25, 0.3) is 0 Å². The molecule has 0 aromatic carbocycles. The molecule has 0 fully saturated rings. The van der Waals surface area contributed by atoms with Crippen LogP contribution in [0.5, 0.6) is 0 Å². The van der Waals surface area contributed by atoms with Gasteiger partial charge in [-0.2, -0.15) is 0 Å². The zero-order valence-electron chi connectivity index (χ0n) is 19.8. The van der Waals surface area contributed by atoms with Gasteiger partial charge in [-0.15, -0.1) is 0 Å². The third-order valence-electron chi connectivity index (χ3n) is 4.58. The summed E-state index contributed by atoms with van der Waals surface area (Å²) < 4.78 is 22.9. The van der Waals surface area contributed by atoms with Crippen molar-refractivity contribution in [3.8, 4) is 0 Å². The molecule has 210 valence electrons. The molecule has 0 spiro atoms. The predicted octanol–water partition coefficient (Wildman–Crippen LogP) is -2.94. The van der Waals surface area contributed by atoms with Gasteiger partial charge < -0.3 is 72.9 Å². The first-order valence-corrected chi connectivity index (χ1v) is 10.8. The highest BCUT2D eigenvalue weighted by molar-refractivity contribution is 5.80. The molecule has 36 heavy (non-hydrogen) atoms. The van der Waals surface area contributed by atoms with Crippen LogP contribution in [-0.2, 0) is 18.9 Å². The van der Waals surface area contributed by atoms with Gasteiger partial charge in [0.2, 0.25) is 0 Å². The van der Waals surface area contributed by atoms with Crippen molar-refractivity contribution in [2.75, 3.05) is 39.6 Å². The van der Waals surface area contributed by atoms with Gasteiger partial charge in [0, 0.05) is 25.7 Å². The van der Waals surface area contributed by atoms with Crippen molar-refractivity contribution in [2.45, 2.75) is 50.1 Å². The Labute approximate surface area is 207 Å². The van der Waals surface area contributed by atoms with Crippen molar-refractivity contribution < 1.29 is 50.0 Å². The molecular weight excluding hydrogens is 488 g/mol. The lowest BCUT2D eigenvalue weighted by molar-refractivity contribution is -0.183. The molecule has 18 nitrogen and oxygen atoms in total. The summed E-state index contributed by atoms with van der Waals surface area (Å²) >= 11 is 0. The maximum atomic E-state index is 10.5. The molecule has 0 radical (unpaired) electrons. The highest BCUT2D eigenvalue weighted by atomic mass is 16.6. The van der Waals surface area contributed by atoms with Crippen LogP contribution in [0.3, 0.4) is 0 Å². The zero-order chi connectivity index (χ0) is 27.3. The maximum Gasteiger partial charge on any atom is 0.141 e. The van der Waals surface area contributed by atoms with Gasteiger partial charge in [0.15, 0.2) is 0 Å². The molecule has 0 aliphatic heterocycles. The number of rotatable bonds is 21. The largest absolute Gasteiger partial charge is 0.409 e. The Hall–Kier alpha value is -3.16. The monoisotopic (exact) mass is 526 g/mol. The SMILES string of the molecule is NC(CCOCC(OCCC(N)=NO)C(OCCC(N)=NO)C(OCCC(N)=NO)C(O)CO)=NO. The van der Waals surface area contributed by atoms with Gasteiger partial charge in [-0.1, -0.05) is 20.6 Å². The van der Waals surface area contributed by atoms with E-state index in [1.165, 1.54) is 0 Å². The first-order chi connectivity index (χ1) is 17.2. The summed E-state index contributed by atoms with van der Waals surface area (Å²) in [5.74, 6) is -0.422. The standard InChI is InChI=1S/C18H38N8O10/c19-13(23-29)1-5-33-10-12(34-6-2-14(20)24-30)18(36-8-4-16(22)26-32)17(11(28)9-27)35-7-3-15(21)25-31/h11-12,17-18,27-32H,1-10H2,(H2,19,23)(H2,20,24)(H2,21,25)(H2,22,26). The normalized spacial score (nSPS) is 17.1. The van der Waals surface area contributed by atoms with Gasteiger partial charge in [0.05, 0.1) is 39.6 Å². The van der Waals surface area contributed by atoms with Crippen molar-refractivity contribution in [2.24, 2.45) is 43.6 Å². The van der Waals surface area contributed by atoms with Crippen LogP contribution in [0, 0.1) is 0 Å². The molecule has 18 heteroatoms. The molecular formula is C18H38N8O10. The minimum Gasteiger partial charge on any atom is -0.409 e. The fourth-order valence-electron chi connectivity index (χ4n) is 2.67. The van der Waals surface area contributed by atoms with Gasteiger partial charge in [-0.25, -0.2) is 0 Å². The number of aliphatic hydroxyl groups excluding tert-OH is 2. The summed E-state index contributed by atoms with van der Waals surface area (Å²) in [4.78, 5) is 0. The van der Waals surface area contributed by atoms with Crippen molar-refractivity contribution in [1.82, 2.24) is 0 Å². The topological polar surface area (TPSA) is 312 Å². The number of nitrogens with zero attached hydrogens (tertiary/aromatic N) is 4. The first kappa shape index (κ1) is 32.8. The summed E-state index contributed by atoms with van der Waals surface area (Å²) in [6.07, 6.45) is -4.62. The van der Waals surface area contributed by atoms with E-state index < -0.39 is 31.0 Å². The molecule has 0 aromatic heterocycles. The van der Waals surface area contributed by atoms with Gasteiger partial charge in [0.1, 0.15) is 47.8 Å². The zero-order valence-corrected chi connectivity index (χ0v) is 19.8. The van der Waals surface area contributed by atoms with E-state index in [-0.39, 0.29) is 82.1 Å². The minimum atomic E-state index is -1.46. The summed E-state index contributed by atoms with van der Waals surface area (Å²) in [7, 11) is 0. The lowest BCUT2D eigenvalue weighted by Gasteiger charge is -2.35. The Kier molecular flexibility index (Phi) is 18.3. The Morgan fingerprint density at radius 3 is 1.42 bits per heavy atom. The Bertz CT molecular complexity index is 709. The lowest BCUT2D eigenvalue weighted by Crippen LogP contribution is -2.52. The molecule has 0 aliphatic rings. The van der Waals surface area contributed by atoms with Crippen LogP contribution in [0.1, 0.15) is 25.7 Å². The fourth-order valence-corrected chi connectivity index (χ4v) is 2.67. The van der Waals surface area contributed by atoms with E-state index in [4.69, 9.17) is 62.7 Å². The summed E-state index contributed by atoms with van der Waals surface area (Å²) in [6, 6.07) is 0. The third-order valence-corrected chi connectivity index (χ3v) is 4.58. The summed E-state index contributed by atoms with van der Waals surface area (Å²) in [6.45, 7) is -1.13. The van der Waals surface area contributed by atoms with Crippen LogP contribution >= 0.6 is 0 Å². The molecule has 14 N–H and O–H groups in total. The van der Waals surface area contributed by atoms with Gasteiger partial charge >= 0.3 is 0 Å². The van der Waals surface area contributed by atoms with Crippen LogP contribution in [0.4, 0.5) is 0 Å². The van der Waals surface area contributed by atoms with Gasteiger partial charge in [-0.3, -0.25) is 0 Å². The highest BCUT2D eigenvalue weighted by Crippen LogP contribution is 2.18. The molecule has 4 unspecified atom stereocenters. The number of nitrogens with two attached hydrogens (primary N) is 4. The van der Waals surface area contributed by atoms with Crippen LogP contribution in [0.2, 0.25) is 0 Å². The minimum absolute atomic E-state index is 0.000250. The number of ether oxygens (including phenoxy) is 4. The predicted molar refractivity (Wildman–Crippen MR) is 125 cm³/mol. The number of hydrogen-bond acceptors (Lipinski definition) is 14. The Morgan fingerprint density at radius 2 is 1.00 bits per heavy atom. The van der Waals surface area contributed by atoms with E-state index in [1.54, 1.807) is 0 Å². The van der Waals surface area contributed by atoms with Crippen molar-refractivity contribution >= 4 is 23.3 Å². The number of aliphatic hydroxyl groups is 2. The summed E-state index contributed by atoms with van der Waals surface area (Å²) in [5.41, 5.74) is 21.9. The Morgan fingerprint density at radius 1 is 0.611 bits per heavy atom. The molecule has 0 saturated heterocycles. The fraction of sp³-hybridized carbons (Fsp3) is 0.778. The Balaban J connectivity index is 5.79.